The minimum atomic E-state index is -1.01. The van der Waals surface area contributed by atoms with Crippen LogP contribution in [0.5, 0.6) is 0 Å². The molecule has 0 amide bonds. The summed E-state index contributed by atoms with van der Waals surface area (Å²) in [6, 6.07) is 13.7. The van der Waals surface area contributed by atoms with Crippen LogP contribution < -0.4 is 0 Å². The Morgan fingerprint density at radius 1 is 1.10 bits per heavy atom. The number of aliphatic hydroxyl groups is 1. The number of hydrogen-bond acceptors (Lipinski definition) is 3. The number of hydrogen-bond donors (Lipinski definition) is 1. The maximum Gasteiger partial charge on any atom is 0.140 e. The van der Waals surface area contributed by atoms with E-state index >= 15 is 0 Å². The predicted octanol–water partition coefficient (Wildman–Crippen LogP) is 5.61. The molecule has 0 bridgehead atoms. The molecule has 2 fully saturated rings. The van der Waals surface area contributed by atoms with Crippen molar-refractivity contribution >= 4 is 28.3 Å². The van der Waals surface area contributed by atoms with Gasteiger partial charge in [0, 0.05) is 28.9 Å². The summed E-state index contributed by atoms with van der Waals surface area (Å²) in [6.45, 7) is 0. The van der Waals surface area contributed by atoms with Gasteiger partial charge in [0.05, 0.1) is 11.1 Å². The van der Waals surface area contributed by atoms with Crippen molar-refractivity contribution in [2.75, 3.05) is 0 Å². The molecule has 2 aliphatic rings. The summed E-state index contributed by atoms with van der Waals surface area (Å²) in [5.41, 5.74) is 1.43. The number of halogens is 2. The first kappa shape index (κ1) is 19.7. The Hall–Kier alpha value is -2.30. The van der Waals surface area contributed by atoms with Gasteiger partial charge in [0.1, 0.15) is 11.6 Å². The first-order chi connectivity index (χ1) is 14.4. The summed E-state index contributed by atoms with van der Waals surface area (Å²) in [5, 5.41) is 12.8. The van der Waals surface area contributed by atoms with Gasteiger partial charge < -0.3 is 5.11 Å². The van der Waals surface area contributed by atoms with Gasteiger partial charge in [-0.2, -0.15) is 0 Å². The highest BCUT2D eigenvalue weighted by Gasteiger charge is 2.59. The van der Waals surface area contributed by atoms with Crippen LogP contribution in [0.1, 0.15) is 43.2 Å². The molecule has 5 rings (SSSR count). The average Bonchev–Trinajstić information content (AvgIpc) is 3.46. The van der Waals surface area contributed by atoms with Crippen LogP contribution in [0.25, 0.3) is 10.9 Å². The summed E-state index contributed by atoms with van der Waals surface area (Å²) in [4.78, 5) is 17.1. The molecule has 1 atom stereocenters. The molecule has 154 valence electrons. The van der Waals surface area contributed by atoms with Crippen molar-refractivity contribution in [3.8, 4) is 0 Å². The zero-order chi connectivity index (χ0) is 20.9. The molecule has 1 N–H and O–H groups in total. The maximum atomic E-state index is 13.8. The lowest BCUT2D eigenvalue weighted by molar-refractivity contribution is -0.121. The van der Waals surface area contributed by atoms with Gasteiger partial charge >= 0.3 is 0 Å². The number of rotatable bonds is 4. The second kappa shape index (κ2) is 7.14. The second-order valence-electron chi connectivity index (χ2n) is 8.94. The van der Waals surface area contributed by atoms with Crippen LogP contribution in [0.15, 0.2) is 54.7 Å². The van der Waals surface area contributed by atoms with Gasteiger partial charge in [-0.3, -0.25) is 9.78 Å². The van der Waals surface area contributed by atoms with E-state index in [0.29, 0.717) is 35.2 Å². The summed E-state index contributed by atoms with van der Waals surface area (Å²) in [5.74, 6) is 0.0197. The second-order valence-corrected chi connectivity index (χ2v) is 9.38. The summed E-state index contributed by atoms with van der Waals surface area (Å²) >= 11 is 5.93. The van der Waals surface area contributed by atoms with E-state index in [1.54, 1.807) is 18.3 Å². The third kappa shape index (κ3) is 3.42. The molecule has 2 saturated carbocycles. The lowest BCUT2D eigenvalue weighted by Gasteiger charge is -2.37. The van der Waals surface area contributed by atoms with E-state index in [4.69, 9.17) is 11.6 Å². The molecule has 5 heteroatoms. The highest BCUT2D eigenvalue weighted by atomic mass is 35.5. The molecular weight excluding hydrogens is 401 g/mol. The van der Waals surface area contributed by atoms with Crippen LogP contribution in [-0.4, -0.2) is 15.9 Å². The molecule has 3 nitrogen and oxygen atoms in total. The van der Waals surface area contributed by atoms with Crippen molar-refractivity contribution in [1.29, 1.82) is 0 Å². The van der Waals surface area contributed by atoms with Crippen molar-refractivity contribution in [3.05, 3.63) is 76.7 Å². The highest BCUT2D eigenvalue weighted by Crippen LogP contribution is 2.64. The molecule has 1 aromatic heterocycles. The number of carbonyl (C=O) groups excluding carboxylic acids is 1. The zero-order valence-electron chi connectivity index (χ0n) is 16.6. The van der Waals surface area contributed by atoms with E-state index in [9.17, 15) is 14.3 Å². The van der Waals surface area contributed by atoms with Gasteiger partial charge in [-0.15, -0.1) is 0 Å². The van der Waals surface area contributed by atoms with Gasteiger partial charge in [-0.05, 0) is 85.0 Å². The van der Waals surface area contributed by atoms with E-state index < -0.39 is 5.60 Å². The van der Waals surface area contributed by atoms with Crippen molar-refractivity contribution in [3.63, 3.8) is 0 Å². The number of fused-ring (bicyclic) bond motifs is 1. The Morgan fingerprint density at radius 2 is 1.83 bits per heavy atom. The number of pyridine rings is 1. The standard InChI is InChI=1S/C25H23ClFNO2/c26-17-3-1-16(2-4-17)13-23(29)21-15-24(21)8-10-25(30,11-9-24)20-7-12-28-22-6-5-18(27)14-19(20)22/h1-7,12,14,21,30H,8-11,13,15H2. The van der Waals surface area contributed by atoms with E-state index in [-0.39, 0.29) is 22.9 Å². The Labute approximate surface area is 179 Å². The lowest BCUT2D eigenvalue weighted by Crippen LogP contribution is -2.33. The van der Waals surface area contributed by atoms with Gasteiger partial charge in [0.15, 0.2) is 0 Å². The van der Waals surface area contributed by atoms with E-state index in [2.05, 4.69) is 4.98 Å². The number of nitrogens with zero attached hydrogens (tertiary/aromatic N) is 1. The Morgan fingerprint density at radius 3 is 2.57 bits per heavy atom. The first-order valence-electron chi connectivity index (χ1n) is 10.4. The van der Waals surface area contributed by atoms with Crippen LogP contribution in [0.4, 0.5) is 4.39 Å². The Kier molecular flexibility index (Phi) is 4.68. The SMILES string of the molecule is O=C(Cc1ccc(Cl)cc1)C1CC12CCC(O)(c1ccnc3ccc(F)cc13)CC2. The Bertz CT molecular complexity index is 1120. The third-order valence-electron chi connectivity index (χ3n) is 7.15. The molecular formula is C25H23ClFNO2. The van der Waals surface area contributed by atoms with Crippen LogP contribution in [0, 0.1) is 17.2 Å². The predicted molar refractivity (Wildman–Crippen MR) is 115 cm³/mol. The van der Waals surface area contributed by atoms with Gasteiger partial charge in [-0.1, -0.05) is 23.7 Å². The molecule has 1 unspecified atom stereocenters. The zero-order valence-corrected chi connectivity index (χ0v) is 17.3. The summed E-state index contributed by atoms with van der Waals surface area (Å²) in [7, 11) is 0. The van der Waals surface area contributed by atoms with Crippen LogP contribution in [0.2, 0.25) is 5.02 Å². The topological polar surface area (TPSA) is 50.2 Å². The number of Topliss-reactive ketones (excluding diaryl/α,β-unsaturated/α-hetero) is 1. The molecule has 3 aromatic rings. The molecule has 1 spiro atoms. The van der Waals surface area contributed by atoms with Crippen LogP contribution >= 0.6 is 11.6 Å². The average molecular weight is 424 g/mol. The fourth-order valence-corrected chi connectivity index (χ4v) is 5.36. The van der Waals surface area contributed by atoms with Crippen molar-refractivity contribution < 1.29 is 14.3 Å². The smallest absolute Gasteiger partial charge is 0.140 e. The quantitative estimate of drug-likeness (QED) is 0.593. The van der Waals surface area contributed by atoms with Gasteiger partial charge in [0.2, 0.25) is 0 Å². The molecule has 2 aliphatic carbocycles. The summed E-state index contributed by atoms with van der Waals surface area (Å²) in [6.07, 6.45) is 5.77. The summed E-state index contributed by atoms with van der Waals surface area (Å²) < 4.78 is 13.8. The first-order valence-corrected chi connectivity index (χ1v) is 10.8. The van der Waals surface area contributed by atoms with Crippen LogP contribution in [-0.2, 0) is 16.8 Å². The molecule has 30 heavy (non-hydrogen) atoms. The number of carbonyl (C=O) groups is 1. The van der Waals surface area contributed by atoms with E-state index in [0.717, 1.165) is 30.4 Å². The molecule has 2 aromatic carbocycles. The van der Waals surface area contributed by atoms with E-state index in [1.807, 2.05) is 24.3 Å². The van der Waals surface area contributed by atoms with Crippen molar-refractivity contribution in [2.45, 2.75) is 44.1 Å². The van der Waals surface area contributed by atoms with Gasteiger partial charge in [0.25, 0.3) is 0 Å². The lowest BCUT2D eigenvalue weighted by atomic mass is 9.71. The minimum Gasteiger partial charge on any atom is -0.385 e. The fraction of sp³-hybridized carbons (Fsp3) is 0.360. The number of aromatic nitrogens is 1. The highest BCUT2D eigenvalue weighted by molar-refractivity contribution is 6.30. The normalized spacial score (nSPS) is 28.0. The Balaban J connectivity index is 1.30. The van der Waals surface area contributed by atoms with Crippen molar-refractivity contribution in [2.24, 2.45) is 11.3 Å². The van der Waals surface area contributed by atoms with E-state index in [1.165, 1.54) is 12.1 Å². The monoisotopic (exact) mass is 423 g/mol. The molecule has 1 heterocycles. The molecule has 0 radical (unpaired) electrons. The van der Waals surface area contributed by atoms with Crippen molar-refractivity contribution in [1.82, 2.24) is 4.98 Å². The van der Waals surface area contributed by atoms with Gasteiger partial charge in [-0.25, -0.2) is 4.39 Å². The third-order valence-corrected chi connectivity index (χ3v) is 7.40. The minimum absolute atomic E-state index is 0.0177. The number of benzene rings is 2. The fourth-order valence-electron chi connectivity index (χ4n) is 5.24. The molecule has 0 saturated heterocycles. The molecule has 0 aliphatic heterocycles. The van der Waals surface area contributed by atoms with Crippen LogP contribution in [0.3, 0.4) is 0 Å². The largest absolute Gasteiger partial charge is 0.385 e. The number of ketones is 1. The maximum absolute atomic E-state index is 13.8.